The molecule has 1 amide bonds. The lowest BCUT2D eigenvalue weighted by molar-refractivity contribution is -0.145. The molecule has 0 unspecified atom stereocenters. The van der Waals surface area contributed by atoms with Gasteiger partial charge in [0.15, 0.2) is 0 Å². The van der Waals surface area contributed by atoms with Crippen LogP contribution in [0.3, 0.4) is 0 Å². The van der Waals surface area contributed by atoms with Crippen molar-refractivity contribution in [3.05, 3.63) is 11.4 Å². The molecule has 2 rings (SSSR count). The maximum absolute atomic E-state index is 12.0. The van der Waals surface area contributed by atoms with Gasteiger partial charge in [0.2, 0.25) is 11.9 Å². The molecule has 0 aromatic carbocycles. The number of carboxylic acids is 1. The molecular weight excluding hydrogens is 248 g/mol. The van der Waals surface area contributed by atoms with E-state index in [0.29, 0.717) is 24.2 Å². The third-order valence-electron chi connectivity index (χ3n) is 3.50. The number of hydrogen-bond donors (Lipinski definition) is 2. The first-order valence-electron chi connectivity index (χ1n) is 6.20. The Morgan fingerprint density at radius 2 is 1.84 bits per heavy atom. The molecule has 1 aromatic rings. The topological polar surface area (TPSA) is 105 Å². The predicted molar refractivity (Wildman–Crippen MR) is 66.4 cm³/mol. The van der Waals surface area contributed by atoms with Gasteiger partial charge in [0.05, 0.1) is 23.2 Å². The average Bonchev–Trinajstić information content (AvgIpc) is 2.83. The van der Waals surface area contributed by atoms with Crippen LogP contribution < -0.4 is 5.32 Å². The van der Waals surface area contributed by atoms with Crippen molar-refractivity contribution in [3.63, 3.8) is 0 Å². The second-order valence-corrected chi connectivity index (χ2v) is 4.78. The molecule has 0 radical (unpaired) electrons. The zero-order valence-electron chi connectivity index (χ0n) is 10.9. The summed E-state index contributed by atoms with van der Waals surface area (Å²) >= 11 is 0. The van der Waals surface area contributed by atoms with E-state index in [1.54, 1.807) is 13.8 Å². The van der Waals surface area contributed by atoms with Crippen LogP contribution in [0.2, 0.25) is 0 Å². The highest BCUT2D eigenvalue weighted by Crippen LogP contribution is 2.32. The number of amides is 1. The maximum atomic E-state index is 12.0. The molecule has 1 fully saturated rings. The van der Waals surface area contributed by atoms with E-state index in [9.17, 15) is 9.59 Å². The Morgan fingerprint density at radius 3 is 2.47 bits per heavy atom. The Bertz CT molecular complexity index is 518. The highest BCUT2D eigenvalue weighted by molar-refractivity contribution is 5.94. The van der Waals surface area contributed by atoms with Crippen molar-refractivity contribution in [2.75, 3.05) is 5.32 Å². The second kappa shape index (κ2) is 5.29. The Balaban J connectivity index is 2.08. The lowest BCUT2D eigenvalue weighted by atomic mass is 9.95. The number of nitrogens with zero attached hydrogens (tertiary/aromatic N) is 3. The van der Waals surface area contributed by atoms with Crippen LogP contribution in [-0.4, -0.2) is 32.2 Å². The van der Waals surface area contributed by atoms with Gasteiger partial charge in [0.25, 0.3) is 0 Å². The molecule has 2 atom stereocenters. The number of aromatic nitrogens is 3. The Labute approximate surface area is 110 Å². The minimum Gasteiger partial charge on any atom is -0.481 e. The van der Waals surface area contributed by atoms with Gasteiger partial charge in [-0.3, -0.25) is 14.9 Å². The van der Waals surface area contributed by atoms with Crippen LogP contribution in [0.5, 0.6) is 0 Å². The standard InChI is InChI=1S/C12H16N4O3/c1-6-7(2)15-16-12(13-6)14-10(17)8-4-3-5-9(8)11(18)19/h8-9H,3-5H2,1-2H3,(H,18,19)(H,13,14,16,17)/t8-,9+/m1/s1. The van der Waals surface area contributed by atoms with Crippen LogP contribution in [0.1, 0.15) is 30.7 Å². The fourth-order valence-electron chi connectivity index (χ4n) is 2.28. The van der Waals surface area contributed by atoms with Gasteiger partial charge in [-0.2, -0.15) is 5.10 Å². The van der Waals surface area contributed by atoms with Crippen molar-refractivity contribution in [2.24, 2.45) is 11.8 Å². The van der Waals surface area contributed by atoms with Gasteiger partial charge in [-0.05, 0) is 26.7 Å². The summed E-state index contributed by atoms with van der Waals surface area (Å²) in [6.07, 6.45) is 1.88. The number of carboxylic acid groups (broad SMARTS) is 1. The fraction of sp³-hybridized carbons (Fsp3) is 0.583. The molecule has 0 bridgehead atoms. The Hall–Kier alpha value is -2.05. The smallest absolute Gasteiger partial charge is 0.307 e. The first kappa shape index (κ1) is 13.4. The summed E-state index contributed by atoms with van der Waals surface area (Å²) in [4.78, 5) is 27.2. The van der Waals surface area contributed by atoms with E-state index in [1.165, 1.54) is 0 Å². The molecule has 1 heterocycles. The van der Waals surface area contributed by atoms with E-state index in [-0.39, 0.29) is 11.9 Å². The zero-order valence-corrected chi connectivity index (χ0v) is 10.9. The van der Waals surface area contributed by atoms with Gasteiger partial charge in [0.1, 0.15) is 0 Å². The monoisotopic (exact) mass is 264 g/mol. The minimum atomic E-state index is -0.920. The van der Waals surface area contributed by atoms with E-state index in [2.05, 4.69) is 20.5 Å². The highest BCUT2D eigenvalue weighted by Gasteiger charge is 2.38. The van der Waals surface area contributed by atoms with E-state index < -0.39 is 17.8 Å². The number of hydrogen-bond acceptors (Lipinski definition) is 5. The molecule has 1 aliphatic carbocycles. The normalized spacial score (nSPS) is 22.2. The van der Waals surface area contributed by atoms with Crippen LogP contribution in [0.4, 0.5) is 5.95 Å². The number of aryl methyl sites for hydroxylation is 2. The lowest BCUT2D eigenvalue weighted by Gasteiger charge is -2.14. The molecule has 1 aliphatic rings. The van der Waals surface area contributed by atoms with Crippen molar-refractivity contribution in [1.82, 2.24) is 15.2 Å². The molecule has 102 valence electrons. The molecule has 0 aliphatic heterocycles. The number of carbonyl (C=O) groups is 2. The van der Waals surface area contributed by atoms with Gasteiger partial charge in [-0.1, -0.05) is 6.42 Å². The fourth-order valence-corrected chi connectivity index (χ4v) is 2.28. The van der Waals surface area contributed by atoms with Crippen LogP contribution in [0.15, 0.2) is 0 Å². The molecule has 7 nitrogen and oxygen atoms in total. The lowest BCUT2D eigenvalue weighted by Crippen LogP contribution is -2.30. The SMILES string of the molecule is Cc1nnc(NC(=O)[C@@H]2CCC[C@@H]2C(=O)O)nc1C. The van der Waals surface area contributed by atoms with Crippen molar-refractivity contribution >= 4 is 17.8 Å². The van der Waals surface area contributed by atoms with Gasteiger partial charge in [0, 0.05) is 0 Å². The number of aliphatic carboxylic acids is 1. The number of carbonyl (C=O) groups excluding carboxylic acids is 1. The molecule has 2 N–H and O–H groups in total. The molecule has 19 heavy (non-hydrogen) atoms. The highest BCUT2D eigenvalue weighted by atomic mass is 16.4. The van der Waals surface area contributed by atoms with Gasteiger partial charge < -0.3 is 5.11 Å². The third kappa shape index (κ3) is 2.86. The van der Waals surface area contributed by atoms with E-state index >= 15 is 0 Å². The maximum Gasteiger partial charge on any atom is 0.307 e. The average molecular weight is 264 g/mol. The van der Waals surface area contributed by atoms with Crippen molar-refractivity contribution in [2.45, 2.75) is 33.1 Å². The summed E-state index contributed by atoms with van der Waals surface area (Å²) in [5.41, 5.74) is 1.38. The van der Waals surface area contributed by atoms with Crippen LogP contribution in [0, 0.1) is 25.7 Å². The van der Waals surface area contributed by atoms with Gasteiger partial charge >= 0.3 is 5.97 Å². The summed E-state index contributed by atoms with van der Waals surface area (Å²) < 4.78 is 0. The molecule has 0 spiro atoms. The predicted octanol–water partition coefficient (Wildman–Crippen LogP) is 0.928. The largest absolute Gasteiger partial charge is 0.481 e. The summed E-state index contributed by atoms with van der Waals surface area (Å²) in [6.45, 7) is 3.55. The number of nitrogens with one attached hydrogen (secondary N) is 1. The quantitative estimate of drug-likeness (QED) is 0.841. The first-order chi connectivity index (χ1) is 8.99. The first-order valence-corrected chi connectivity index (χ1v) is 6.20. The number of anilines is 1. The van der Waals surface area contributed by atoms with Gasteiger partial charge in [-0.25, -0.2) is 4.98 Å². The summed E-state index contributed by atoms with van der Waals surface area (Å²) in [5, 5.41) is 19.3. The van der Waals surface area contributed by atoms with E-state index in [0.717, 1.165) is 6.42 Å². The summed E-state index contributed by atoms with van der Waals surface area (Å²) in [6, 6.07) is 0. The van der Waals surface area contributed by atoms with E-state index in [1.807, 2.05) is 0 Å². The molecular formula is C12H16N4O3. The Kier molecular flexibility index (Phi) is 3.73. The van der Waals surface area contributed by atoms with Crippen LogP contribution in [0.25, 0.3) is 0 Å². The van der Waals surface area contributed by atoms with Crippen LogP contribution in [-0.2, 0) is 9.59 Å². The van der Waals surface area contributed by atoms with Crippen molar-refractivity contribution in [1.29, 1.82) is 0 Å². The zero-order chi connectivity index (χ0) is 14.0. The van der Waals surface area contributed by atoms with Crippen molar-refractivity contribution in [3.8, 4) is 0 Å². The third-order valence-corrected chi connectivity index (χ3v) is 3.50. The van der Waals surface area contributed by atoms with Crippen LogP contribution >= 0.6 is 0 Å². The molecule has 1 saturated carbocycles. The minimum absolute atomic E-state index is 0.129. The summed E-state index contributed by atoms with van der Waals surface area (Å²) in [7, 11) is 0. The van der Waals surface area contributed by atoms with E-state index in [4.69, 9.17) is 5.11 Å². The Morgan fingerprint density at radius 1 is 1.16 bits per heavy atom. The summed E-state index contributed by atoms with van der Waals surface area (Å²) in [5.74, 6) is -2.25. The molecule has 0 saturated heterocycles. The number of rotatable bonds is 3. The second-order valence-electron chi connectivity index (χ2n) is 4.78. The van der Waals surface area contributed by atoms with Gasteiger partial charge in [-0.15, -0.1) is 5.10 Å². The van der Waals surface area contributed by atoms with Crippen molar-refractivity contribution < 1.29 is 14.7 Å². The molecule has 7 heteroatoms. The molecule has 1 aromatic heterocycles.